The van der Waals surface area contributed by atoms with Crippen molar-refractivity contribution in [2.24, 2.45) is 5.92 Å². The van der Waals surface area contributed by atoms with Gasteiger partial charge in [0.15, 0.2) is 18.2 Å². The van der Waals surface area contributed by atoms with E-state index >= 15 is 0 Å². The third-order valence-electron chi connectivity index (χ3n) is 3.30. The van der Waals surface area contributed by atoms with Crippen molar-refractivity contribution in [3.8, 4) is 5.75 Å². The van der Waals surface area contributed by atoms with E-state index in [0.717, 1.165) is 19.3 Å². The number of nitrogens with one attached hydrogen (secondary N) is 1. The second-order valence-electron chi connectivity index (χ2n) is 4.86. The lowest BCUT2D eigenvalue weighted by molar-refractivity contribution is -0.123. The van der Waals surface area contributed by atoms with Crippen LogP contribution in [0.3, 0.4) is 0 Å². The summed E-state index contributed by atoms with van der Waals surface area (Å²) >= 11 is 0. The van der Waals surface area contributed by atoms with Crippen LogP contribution in [0.4, 0.5) is 4.39 Å². The minimum atomic E-state index is -0.478. The Morgan fingerprint density at radius 1 is 1.42 bits per heavy atom. The van der Waals surface area contributed by atoms with Gasteiger partial charge in [-0.3, -0.25) is 4.79 Å². The van der Waals surface area contributed by atoms with Gasteiger partial charge in [0, 0.05) is 6.54 Å². The van der Waals surface area contributed by atoms with Crippen molar-refractivity contribution in [3.63, 3.8) is 0 Å². The molecular weight excluding hydrogens is 249 g/mol. The summed E-state index contributed by atoms with van der Waals surface area (Å²) < 4.78 is 18.3. The molecule has 2 unspecified atom stereocenters. The Kier molecular flexibility index (Phi) is 4.74. The average Bonchev–Trinajstić information content (AvgIpc) is 2.81. The standard InChI is InChI=1S/C14H18FNO3/c15-12-3-1-2-4-13(12)19-9-14(18)16-8-10-5-6-11(17)7-10/h1-4,10-11,17H,5-9H2,(H,16,18). The number of aliphatic hydroxyl groups excluding tert-OH is 1. The summed E-state index contributed by atoms with van der Waals surface area (Å²) in [6.45, 7) is 0.340. The topological polar surface area (TPSA) is 58.6 Å². The van der Waals surface area contributed by atoms with E-state index in [-0.39, 0.29) is 24.4 Å². The van der Waals surface area contributed by atoms with Gasteiger partial charge in [0.25, 0.3) is 5.91 Å². The summed E-state index contributed by atoms with van der Waals surface area (Å²) in [5.74, 6) is -0.347. The highest BCUT2D eigenvalue weighted by Gasteiger charge is 2.22. The van der Waals surface area contributed by atoms with E-state index in [1.54, 1.807) is 12.1 Å². The lowest BCUT2D eigenvalue weighted by atomic mass is 10.1. The first-order valence-corrected chi connectivity index (χ1v) is 6.47. The van der Waals surface area contributed by atoms with Crippen molar-refractivity contribution >= 4 is 5.91 Å². The molecule has 1 aromatic rings. The molecule has 1 amide bonds. The molecule has 104 valence electrons. The van der Waals surface area contributed by atoms with Gasteiger partial charge in [0.05, 0.1) is 6.10 Å². The Hall–Kier alpha value is -1.62. The molecule has 1 saturated carbocycles. The van der Waals surface area contributed by atoms with Crippen molar-refractivity contribution in [1.82, 2.24) is 5.32 Å². The normalized spacial score (nSPS) is 22.2. The Morgan fingerprint density at radius 2 is 2.21 bits per heavy atom. The van der Waals surface area contributed by atoms with Crippen molar-refractivity contribution in [3.05, 3.63) is 30.1 Å². The summed E-state index contributed by atoms with van der Waals surface area (Å²) in [4.78, 5) is 11.5. The molecule has 0 heterocycles. The van der Waals surface area contributed by atoms with Crippen LogP contribution in [0.2, 0.25) is 0 Å². The molecule has 1 fully saturated rings. The predicted octanol–water partition coefficient (Wildman–Crippen LogP) is 1.48. The van der Waals surface area contributed by atoms with Crippen LogP contribution in [-0.2, 0) is 4.79 Å². The van der Waals surface area contributed by atoms with E-state index in [1.807, 2.05) is 0 Å². The second-order valence-corrected chi connectivity index (χ2v) is 4.86. The van der Waals surface area contributed by atoms with Gasteiger partial charge < -0.3 is 15.2 Å². The molecule has 1 aliphatic rings. The van der Waals surface area contributed by atoms with Gasteiger partial charge in [-0.25, -0.2) is 4.39 Å². The summed E-state index contributed by atoms with van der Waals surface area (Å²) in [5, 5.41) is 12.1. The number of hydrogen-bond acceptors (Lipinski definition) is 3. The Bertz CT molecular complexity index is 438. The number of carbonyl (C=O) groups is 1. The zero-order valence-corrected chi connectivity index (χ0v) is 10.6. The number of carbonyl (C=O) groups excluding carboxylic acids is 1. The number of benzene rings is 1. The average molecular weight is 267 g/mol. The Labute approximate surface area is 111 Å². The lowest BCUT2D eigenvalue weighted by Crippen LogP contribution is -2.32. The molecule has 0 aliphatic heterocycles. The number of hydrogen-bond donors (Lipinski definition) is 2. The number of amides is 1. The molecule has 0 bridgehead atoms. The maximum absolute atomic E-state index is 13.2. The van der Waals surface area contributed by atoms with Crippen LogP contribution >= 0.6 is 0 Å². The highest BCUT2D eigenvalue weighted by Crippen LogP contribution is 2.24. The molecule has 19 heavy (non-hydrogen) atoms. The quantitative estimate of drug-likeness (QED) is 0.849. The largest absolute Gasteiger partial charge is 0.481 e. The van der Waals surface area contributed by atoms with E-state index in [2.05, 4.69) is 5.32 Å². The van der Waals surface area contributed by atoms with E-state index in [4.69, 9.17) is 4.74 Å². The predicted molar refractivity (Wildman–Crippen MR) is 68.3 cm³/mol. The first kappa shape index (κ1) is 13.8. The van der Waals surface area contributed by atoms with Crippen LogP contribution < -0.4 is 10.1 Å². The lowest BCUT2D eigenvalue weighted by Gasteiger charge is -2.11. The second kappa shape index (κ2) is 6.52. The van der Waals surface area contributed by atoms with Crippen LogP contribution in [0.25, 0.3) is 0 Å². The van der Waals surface area contributed by atoms with Crippen LogP contribution in [0, 0.1) is 11.7 Å². The van der Waals surface area contributed by atoms with Gasteiger partial charge in [-0.2, -0.15) is 0 Å². The van der Waals surface area contributed by atoms with Crippen LogP contribution in [0.1, 0.15) is 19.3 Å². The molecule has 2 rings (SSSR count). The highest BCUT2D eigenvalue weighted by atomic mass is 19.1. The molecule has 0 aromatic heterocycles. The molecule has 1 aromatic carbocycles. The SMILES string of the molecule is O=C(COc1ccccc1F)NCC1CCC(O)C1. The van der Waals surface area contributed by atoms with Gasteiger partial charge in [0.2, 0.25) is 0 Å². The van der Waals surface area contributed by atoms with Crippen molar-refractivity contribution in [1.29, 1.82) is 0 Å². The minimum Gasteiger partial charge on any atom is -0.481 e. The number of rotatable bonds is 5. The number of halogens is 1. The zero-order chi connectivity index (χ0) is 13.7. The van der Waals surface area contributed by atoms with Gasteiger partial charge in [-0.05, 0) is 37.3 Å². The molecule has 0 spiro atoms. The van der Waals surface area contributed by atoms with Crippen molar-refractivity contribution in [2.75, 3.05) is 13.2 Å². The third-order valence-corrected chi connectivity index (χ3v) is 3.30. The van der Waals surface area contributed by atoms with Gasteiger partial charge >= 0.3 is 0 Å². The summed E-state index contributed by atoms with van der Waals surface area (Å²) in [5.41, 5.74) is 0. The Morgan fingerprint density at radius 3 is 2.89 bits per heavy atom. The molecule has 0 radical (unpaired) electrons. The first-order valence-electron chi connectivity index (χ1n) is 6.47. The van der Waals surface area contributed by atoms with Gasteiger partial charge in [0.1, 0.15) is 0 Å². The summed E-state index contributed by atoms with van der Waals surface area (Å²) in [7, 11) is 0. The molecule has 4 nitrogen and oxygen atoms in total. The van der Waals surface area contributed by atoms with Gasteiger partial charge in [-0.1, -0.05) is 12.1 Å². The van der Waals surface area contributed by atoms with Crippen molar-refractivity contribution in [2.45, 2.75) is 25.4 Å². The fourth-order valence-corrected chi connectivity index (χ4v) is 2.25. The number of ether oxygens (including phenoxy) is 1. The van der Waals surface area contributed by atoms with E-state index < -0.39 is 5.82 Å². The highest BCUT2D eigenvalue weighted by molar-refractivity contribution is 5.77. The van der Waals surface area contributed by atoms with Crippen LogP contribution in [0.5, 0.6) is 5.75 Å². The van der Waals surface area contributed by atoms with E-state index in [9.17, 15) is 14.3 Å². The molecule has 5 heteroatoms. The van der Waals surface area contributed by atoms with Crippen LogP contribution in [0.15, 0.2) is 24.3 Å². The molecule has 1 aliphatic carbocycles. The van der Waals surface area contributed by atoms with Gasteiger partial charge in [-0.15, -0.1) is 0 Å². The van der Waals surface area contributed by atoms with E-state index in [0.29, 0.717) is 12.5 Å². The number of aliphatic hydroxyl groups is 1. The fourth-order valence-electron chi connectivity index (χ4n) is 2.25. The van der Waals surface area contributed by atoms with Crippen molar-refractivity contribution < 1.29 is 19.0 Å². The summed E-state index contributed by atoms with van der Waals surface area (Å²) in [6.07, 6.45) is 2.22. The minimum absolute atomic E-state index is 0.0777. The summed E-state index contributed by atoms with van der Waals surface area (Å²) in [6, 6.07) is 5.98. The maximum Gasteiger partial charge on any atom is 0.257 e. The zero-order valence-electron chi connectivity index (χ0n) is 10.6. The molecule has 2 atom stereocenters. The monoisotopic (exact) mass is 267 g/mol. The Balaban J connectivity index is 1.69. The number of para-hydroxylation sites is 1. The first-order chi connectivity index (χ1) is 9.15. The van der Waals surface area contributed by atoms with Crippen LogP contribution in [-0.4, -0.2) is 30.3 Å². The third kappa shape index (κ3) is 4.21. The smallest absolute Gasteiger partial charge is 0.257 e. The molecule has 0 saturated heterocycles. The molecule has 2 N–H and O–H groups in total. The van der Waals surface area contributed by atoms with E-state index in [1.165, 1.54) is 12.1 Å². The molecular formula is C14H18FNO3. The fraction of sp³-hybridized carbons (Fsp3) is 0.500. The maximum atomic E-state index is 13.2.